The Morgan fingerprint density at radius 1 is 1.47 bits per heavy atom. The fourth-order valence-corrected chi connectivity index (χ4v) is 2.97. The van der Waals surface area contributed by atoms with Gasteiger partial charge in [-0.25, -0.2) is 0 Å². The fraction of sp³-hybridized carbons (Fsp3) is 0.571. The summed E-state index contributed by atoms with van der Waals surface area (Å²) in [4.78, 5) is 3.30. The summed E-state index contributed by atoms with van der Waals surface area (Å²) in [5.41, 5.74) is 3.16. The van der Waals surface area contributed by atoms with Crippen molar-refractivity contribution in [3.63, 3.8) is 0 Å². The van der Waals surface area contributed by atoms with Gasteiger partial charge in [-0.15, -0.1) is 0 Å². The van der Waals surface area contributed by atoms with Gasteiger partial charge in [0.05, 0.1) is 5.56 Å². The number of hydrogen-bond acceptors (Lipinski definition) is 2. The van der Waals surface area contributed by atoms with E-state index in [0.717, 1.165) is 0 Å². The van der Waals surface area contributed by atoms with E-state index < -0.39 is 0 Å². The fourth-order valence-electron chi connectivity index (χ4n) is 2.75. The number of pyridine rings is 1. The van der Waals surface area contributed by atoms with Crippen molar-refractivity contribution in [1.29, 1.82) is 5.26 Å². The minimum Gasteiger partial charge on any atom is -0.348 e. The maximum Gasteiger partial charge on any atom is 0.121 e. The van der Waals surface area contributed by atoms with Crippen LogP contribution in [0.2, 0.25) is 0 Å². The molecule has 0 amide bonds. The molecule has 1 heterocycles. The lowest BCUT2D eigenvalue weighted by molar-refractivity contribution is 0.400. The number of fused-ring (bicyclic) bond motifs is 1. The highest BCUT2D eigenvalue weighted by Gasteiger charge is 2.28. The van der Waals surface area contributed by atoms with Crippen molar-refractivity contribution in [3.8, 4) is 6.07 Å². The van der Waals surface area contributed by atoms with Crippen LogP contribution in [0.4, 0.5) is 0 Å². The summed E-state index contributed by atoms with van der Waals surface area (Å²) in [6.07, 6.45) is 2.41. The van der Waals surface area contributed by atoms with Gasteiger partial charge in [0.2, 0.25) is 0 Å². The van der Waals surface area contributed by atoms with Crippen molar-refractivity contribution in [2.75, 3.05) is 0 Å². The molecule has 0 spiro atoms. The van der Waals surface area contributed by atoms with E-state index in [4.69, 9.17) is 17.5 Å². The molecule has 1 N–H and O–H groups in total. The van der Waals surface area contributed by atoms with Crippen LogP contribution >= 0.6 is 12.2 Å². The average Bonchev–Trinajstić information content (AvgIpc) is 2.28. The maximum absolute atomic E-state index is 9.04. The van der Waals surface area contributed by atoms with Crippen LogP contribution < -0.4 is 0 Å². The second-order valence-corrected chi connectivity index (χ2v) is 5.73. The summed E-state index contributed by atoms with van der Waals surface area (Å²) in [6, 6.07) is 4.17. The van der Waals surface area contributed by atoms with Crippen LogP contribution in [0.3, 0.4) is 0 Å². The summed E-state index contributed by atoms with van der Waals surface area (Å²) in [7, 11) is 0. The van der Waals surface area contributed by atoms with Gasteiger partial charge in [-0.1, -0.05) is 33.0 Å². The molecule has 1 aliphatic rings. The van der Waals surface area contributed by atoms with Crippen molar-refractivity contribution in [2.24, 2.45) is 5.92 Å². The van der Waals surface area contributed by atoms with Crippen LogP contribution in [0, 0.1) is 21.9 Å². The van der Waals surface area contributed by atoms with Crippen LogP contribution in [-0.2, 0) is 0 Å². The molecule has 2 nitrogen and oxygen atoms in total. The lowest BCUT2D eigenvalue weighted by Gasteiger charge is -2.32. The summed E-state index contributed by atoms with van der Waals surface area (Å²) < 4.78 is 0.589. The average molecular weight is 246 g/mol. The number of aromatic nitrogens is 1. The van der Waals surface area contributed by atoms with Crippen molar-refractivity contribution < 1.29 is 0 Å². The molecule has 2 rings (SSSR count). The number of nitriles is 1. The highest BCUT2D eigenvalue weighted by atomic mass is 32.1. The van der Waals surface area contributed by atoms with Crippen LogP contribution in [0.15, 0.2) is 6.07 Å². The molecule has 17 heavy (non-hydrogen) atoms. The molecule has 0 saturated heterocycles. The highest BCUT2D eigenvalue weighted by molar-refractivity contribution is 7.71. The third kappa shape index (κ3) is 2.14. The van der Waals surface area contributed by atoms with Gasteiger partial charge in [0.15, 0.2) is 0 Å². The van der Waals surface area contributed by atoms with Gasteiger partial charge in [-0.05, 0) is 36.3 Å². The second-order valence-electron chi connectivity index (χ2n) is 5.32. The Labute approximate surface area is 108 Å². The standard InChI is InChI=1S/C14H18N2S/c1-8(2)11-5-4-9(3)12-6-10(7-15)14(17)16-13(11)12/h6,8-9,11H,4-5H2,1-3H3,(H,16,17)/t9-,11+/m0/s1. The van der Waals surface area contributed by atoms with Gasteiger partial charge < -0.3 is 4.98 Å². The van der Waals surface area contributed by atoms with Crippen LogP contribution in [0.25, 0.3) is 0 Å². The lowest BCUT2D eigenvalue weighted by atomic mass is 9.75. The SMILES string of the molecule is CC(C)[C@H]1CC[C@H](C)c2cc(C#N)c(=S)[nH]c21. The van der Waals surface area contributed by atoms with Gasteiger partial charge in [0.1, 0.15) is 10.7 Å². The molecule has 0 saturated carbocycles. The van der Waals surface area contributed by atoms with Gasteiger partial charge in [0, 0.05) is 11.6 Å². The van der Waals surface area contributed by atoms with E-state index in [0.29, 0.717) is 28.0 Å². The van der Waals surface area contributed by atoms with Gasteiger partial charge in [-0.2, -0.15) is 5.26 Å². The number of hydrogen-bond donors (Lipinski definition) is 1. The number of rotatable bonds is 1. The van der Waals surface area contributed by atoms with Gasteiger partial charge in [-0.3, -0.25) is 0 Å². The first kappa shape index (κ1) is 12.3. The zero-order valence-corrected chi connectivity index (χ0v) is 11.4. The monoisotopic (exact) mass is 246 g/mol. The van der Waals surface area contributed by atoms with Crippen LogP contribution in [0.1, 0.15) is 62.3 Å². The molecule has 0 bridgehead atoms. The molecular formula is C14H18N2S. The second kappa shape index (κ2) is 4.62. The number of nitrogens with one attached hydrogen (secondary N) is 1. The Hall–Kier alpha value is -1.14. The van der Waals surface area contributed by atoms with Gasteiger partial charge >= 0.3 is 0 Å². The predicted molar refractivity (Wildman–Crippen MR) is 71.6 cm³/mol. The molecule has 0 aliphatic heterocycles. The first-order valence-electron chi connectivity index (χ1n) is 6.21. The number of nitrogens with zero attached hydrogens (tertiary/aromatic N) is 1. The van der Waals surface area contributed by atoms with Crippen molar-refractivity contribution in [1.82, 2.24) is 4.98 Å². The molecular weight excluding hydrogens is 228 g/mol. The normalized spacial score (nSPS) is 23.2. The summed E-state index contributed by atoms with van der Waals surface area (Å²) in [5.74, 6) is 1.69. The molecule has 1 aliphatic carbocycles. The predicted octanol–water partition coefficient (Wildman–Crippen LogP) is 4.25. The number of aromatic amines is 1. The Bertz CT molecular complexity index is 522. The maximum atomic E-state index is 9.04. The topological polar surface area (TPSA) is 39.6 Å². The van der Waals surface area contributed by atoms with Crippen LogP contribution in [-0.4, -0.2) is 4.98 Å². The zero-order chi connectivity index (χ0) is 12.6. The lowest BCUT2D eigenvalue weighted by Crippen LogP contribution is -2.19. The van der Waals surface area contributed by atoms with E-state index in [-0.39, 0.29) is 0 Å². The van der Waals surface area contributed by atoms with E-state index in [1.165, 1.54) is 24.1 Å². The number of H-pyrrole nitrogens is 1. The Balaban J connectivity index is 2.61. The minimum absolute atomic E-state index is 0.527. The molecule has 2 atom stereocenters. The Kier molecular flexibility index (Phi) is 3.35. The molecule has 0 fully saturated rings. The summed E-state index contributed by atoms with van der Waals surface area (Å²) in [6.45, 7) is 6.73. The first-order chi connectivity index (χ1) is 8.04. The van der Waals surface area contributed by atoms with E-state index in [1.54, 1.807) is 0 Å². The highest BCUT2D eigenvalue weighted by Crippen LogP contribution is 2.41. The third-order valence-electron chi connectivity index (χ3n) is 3.84. The van der Waals surface area contributed by atoms with Gasteiger partial charge in [0.25, 0.3) is 0 Å². The summed E-state index contributed by atoms with van der Waals surface area (Å²) in [5, 5.41) is 9.04. The molecule has 3 heteroatoms. The van der Waals surface area contributed by atoms with E-state index in [9.17, 15) is 0 Å². The molecule has 1 aromatic heterocycles. The Morgan fingerprint density at radius 2 is 2.18 bits per heavy atom. The molecule has 1 aromatic rings. The van der Waals surface area contributed by atoms with Crippen molar-refractivity contribution >= 4 is 12.2 Å². The van der Waals surface area contributed by atoms with E-state index >= 15 is 0 Å². The minimum atomic E-state index is 0.527. The molecule has 0 unspecified atom stereocenters. The van der Waals surface area contributed by atoms with Crippen LogP contribution in [0.5, 0.6) is 0 Å². The van der Waals surface area contributed by atoms with E-state index in [2.05, 4.69) is 31.8 Å². The van der Waals surface area contributed by atoms with Crippen molar-refractivity contribution in [2.45, 2.75) is 45.4 Å². The molecule has 90 valence electrons. The molecule has 0 radical (unpaired) electrons. The quantitative estimate of drug-likeness (QED) is 0.752. The Morgan fingerprint density at radius 3 is 2.76 bits per heavy atom. The zero-order valence-electron chi connectivity index (χ0n) is 10.6. The first-order valence-corrected chi connectivity index (χ1v) is 6.62. The smallest absolute Gasteiger partial charge is 0.121 e. The van der Waals surface area contributed by atoms with E-state index in [1.807, 2.05) is 6.07 Å². The van der Waals surface area contributed by atoms with Crippen molar-refractivity contribution in [3.05, 3.63) is 27.5 Å². The summed E-state index contributed by atoms with van der Waals surface area (Å²) >= 11 is 5.24. The molecule has 0 aromatic carbocycles. The third-order valence-corrected chi connectivity index (χ3v) is 4.16. The largest absolute Gasteiger partial charge is 0.348 e.